The topological polar surface area (TPSA) is 101 Å². The van der Waals surface area contributed by atoms with Gasteiger partial charge in [0.2, 0.25) is 0 Å². The van der Waals surface area contributed by atoms with Gasteiger partial charge in [-0.2, -0.15) is 0 Å². The molecule has 28 heavy (non-hydrogen) atoms. The van der Waals surface area contributed by atoms with Crippen molar-refractivity contribution in [3.63, 3.8) is 0 Å². The lowest BCUT2D eigenvalue weighted by atomic mass is 10.1. The second kappa shape index (κ2) is 8.22. The molecule has 0 radical (unpaired) electrons. The minimum Gasteiger partial charge on any atom is -0.493 e. The Hall–Kier alpha value is -3.87. The molecule has 0 aliphatic carbocycles. The van der Waals surface area contributed by atoms with E-state index in [1.54, 1.807) is 54.6 Å². The summed E-state index contributed by atoms with van der Waals surface area (Å²) >= 11 is 0. The highest BCUT2D eigenvalue weighted by Gasteiger charge is 2.05. The van der Waals surface area contributed by atoms with Gasteiger partial charge in [0.1, 0.15) is 10.7 Å². The highest BCUT2D eigenvalue weighted by atomic mass is 16.5. The standard InChI is InChI=1S/C21H18N2O5/c1-27-18-9-8-13(11-19(18)28-2)10-15-20(25)23-21(26)16(22-15)12-17(24)14-6-4-3-5-7-14/h3-12,22H,1-2H3,(H,23,25,26)/b15-10+,16-12-. The predicted octanol–water partition coefficient (Wildman–Crippen LogP) is 0.573. The van der Waals surface area contributed by atoms with Crippen molar-refractivity contribution in [1.82, 2.24) is 9.97 Å². The van der Waals surface area contributed by atoms with Crippen LogP contribution in [0.2, 0.25) is 0 Å². The molecule has 0 saturated carbocycles. The fraction of sp³-hybridized carbons (Fsp3) is 0.0952. The number of Topliss-reactive ketones (excluding diaryl/α,β-unsaturated/α-hetero) is 1. The number of ether oxygens (including phenoxy) is 2. The van der Waals surface area contributed by atoms with Crippen molar-refractivity contribution in [1.29, 1.82) is 0 Å². The van der Waals surface area contributed by atoms with Crippen LogP contribution < -0.4 is 31.3 Å². The zero-order valence-corrected chi connectivity index (χ0v) is 15.3. The first-order chi connectivity index (χ1) is 13.5. The summed E-state index contributed by atoms with van der Waals surface area (Å²) in [5, 5.41) is 0.110. The number of ketones is 1. The monoisotopic (exact) mass is 378 g/mol. The first-order valence-electron chi connectivity index (χ1n) is 8.39. The van der Waals surface area contributed by atoms with Crippen molar-refractivity contribution < 1.29 is 14.3 Å². The van der Waals surface area contributed by atoms with E-state index in [-0.39, 0.29) is 16.5 Å². The molecule has 7 nitrogen and oxygen atoms in total. The van der Waals surface area contributed by atoms with E-state index in [1.807, 2.05) is 0 Å². The van der Waals surface area contributed by atoms with Crippen LogP contribution in [0.5, 0.6) is 11.5 Å². The molecule has 0 amide bonds. The minimum atomic E-state index is -0.668. The summed E-state index contributed by atoms with van der Waals surface area (Å²) in [6.07, 6.45) is 2.71. The number of nitrogens with one attached hydrogen (secondary N) is 2. The van der Waals surface area contributed by atoms with E-state index in [0.717, 1.165) is 0 Å². The van der Waals surface area contributed by atoms with Gasteiger partial charge in [0.15, 0.2) is 17.3 Å². The molecule has 1 aromatic heterocycles. The number of H-pyrrole nitrogens is 2. The fourth-order valence-electron chi connectivity index (χ4n) is 2.63. The number of carbonyl (C=O) groups is 1. The Morgan fingerprint density at radius 2 is 1.54 bits per heavy atom. The Morgan fingerprint density at radius 1 is 0.857 bits per heavy atom. The molecular weight excluding hydrogens is 360 g/mol. The Kier molecular flexibility index (Phi) is 5.55. The SMILES string of the molecule is COc1ccc(/C=c2/[nH]/c(=C\C(=O)c3ccccc3)c(=O)[nH]c2=O)cc1OC. The molecule has 2 aromatic carbocycles. The van der Waals surface area contributed by atoms with E-state index < -0.39 is 11.1 Å². The average Bonchev–Trinajstić information content (AvgIpc) is 2.72. The number of rotatable bonds is 5. The van der Waals surface area contributed by atoms with Gasteiger partial charge in [0.05, 0.1) is 14.2 Å². The number of aromatic nitrogens is 2. The minimum absolute atomic E-state index is 0.0137. The molecule has 2 N–H and O–H groups in total. The van der Waals surface area contributed by atoms with Crippen molar-refractivity contribution in [3.8, 4) is 11.5 Å². The first-order valence-corrected chi connectivity index (χ1v) is 8.39. The molecule has 0 unspecified atom stereocenters. The largest absolute Gasteiger partial charge is 0.493 e. The van der Waals surface area contributed by atoms with Crippen LogP contribution >= 0.6 is 0 Å². The maximum atomic E-state index is 12.3. The highest BCUT2D eigenvalue weighted by Crippen LogP contribution is 2.27. The van der Waals surface area contributed by atoms with Crippen molar-refractivity contribution in [3.05, 3.63) is 91.1 Å². The van der Waals surface area contributed by atoms with Gasteiger partial charge in [0, 0.05) is 11.6 Å². The highest BCUT2D eigenvalue weighted by molar-refractivity contribution is 6.16. The first kappa shape index (κ1) is 18.9. The Morgan fingerprint density at radius 3 is 2.21 bits per heavy atom. The third-order valence-electron chi connectivity index (χ3n) is 4.04. The Balaban J connectivity index is 2.11. The number of hydrogen-bond donors (Lipinski definition) is 2. The Bertz CT molecular complexity index is 1240. The second-order valence-corrected chi connectivity index (χ2v) is 5.87. The van der Waals surface area contributed by atoms with Crippen LogP contribution in [0, 0.1) is 0 Å². The third-order valence-corrected chi connectivity index (χ3v) is 4.04. The molecule has 0 aliphatic heterocycles. The van der Waals surface area contributed by atoms with Gasteiger partial charge in [-0.15, -0.1) is 0 Å². The van der Waals surface area contributed by atoms with Gasteiger partial charge in [-0.3, -0.25) is 19.4 Å². The summed E-state index contributed by atoms with van der Waals surface area (Å²) in [6, 6.07) is 13.7. The van der Waals surface area contributed by atoms with Crippen molar-refractivity contribution >= 4 is 17.9 Å². The number of carbonyl (C=O) groups excluding carboxylic acids is 1. The van der Waals surface area contributed by atoms with E-state index >= 15 is 0 Å². The lowest BCUT2D eigenvalue weighted by Crippen LogP contribution is -2.47. The number of benzene rings is 2. The number of aromatic amines is 2. The second-order valence-electron chi connectivity index (χ2n) is 5.87. The van der Waals surface area contributed by atoms with E-state index in [9.17, 15) is 14.4 Å². The van der Waals surface area contributed by atoms with Gasteiger partial charge in [-0.25, -0.2) is 0 Å². The molecule has 0 atom stereocenters. The van der Waals surface area contributed by atoms with Gasteiger partial charge >= 0.3 is 0 Å². The average molecular weight is 378 g/mol. The predicted molar refractivity (Wildman–Crippen MR) is 105 cm³/mol. The maximum absolute atomic E-state index is 12.3. The van der Waals surface area contributed by atoms with Crippen LogP contribution in [0.15, 0.2) is 58.1 Å². The molecule has 0 spiro atoms. The number of hydrogen-bond acceptors (Lipinski definition) is 5. The molecular formula is C21H18N2O5. The molecule has 7 heteroatoms. The molecule has 1 heterocycles. The molecule has 0 saturated heterocycles. The van der Waals surface area contributed by atoms with Crippen molar-refractivity contribution in [2.75, 3.05) is 14.2 Å². The van der Waals surface area contributed by atoms with E-state index in [4.69, 9.17) is 9.47 Å². The van der Waals surface area contributed by atoms with Crippen LogP contribution in [0.3, 0.4) is 0 Å². The summed E-state index contributed by atoms with van der Waals surface area (Å²) in [6.45, 7) is 0. The molecule has 3 rings (SSSR count). The summed E-state index contributed by atoms with van der Waals surface area (Å²) in [5.74, 6) is 0.701. The smallest absolute Gasteiger partial charge is 0.274 e. The zero-order chi connectivity index (χ0) is 20.1. The van der Waals surface area contributed by atoms with E-state index in [0.29, 0.717) is 22.6 Å². The van der Waals surface area contributed by atoms with Crippen LogP contribution in [0.25, 0.3) is 12.2 Å². The molecule has 142 valence electrons. The van der Waals surface area contributed by atoms with E-state index in [2.05, 4.69) is 9.97 Å². The molecule has 0 fully saturated rings. The zero-order valence-electron chi connectivity index (χ0n) is 15.3. The lowest BCUT2D eigenvalue weighted by molar-refractivity contribution is 0.106. The normalized spacial score (nSPS) is 12.1. The molecule has 0 aliphatic rings. The summed E-state index contributed by atoms with van der Waals surface area (Å²) in [4.78, 5) is 41.5. The van der Waals surface area contributed by atoms with Gasteiger partial charge in [-0.1, -0.05) is 36.4 Å². The maximum Gasteiger partial charge on any atom is 0.274 e. The lowest BCUT2D eigenvalue weighted by Gasteiger charge is -2.07. The van der Waals surface area contributed by atoms with Crippen molar-refractivity contribution in [2.24, 2.45) is 0 Å². The van der Waals surface area contributed by atoms with Gasteiger partial charge in [0.25, 0.3) is 11.1 Å². The summed E-state index contributed by atoms with van der Waals surface area (Å²) < 4.78 is 10.4. The van der Waals surface area contributed by atoms with E-state index in [1.165, 1.54) is 20.3 Å². The van der Waals surface area contributed by atoms with Crippen molar-refractivity contribution in [2.45, 2.75) is 0 Å². The fourth-order valence-corrected chi connectivity index (χ4v) is 2.63. The third kappa shape index (κ3) is 4.09. The van der Waals surface area contributed by atoms with Gasteiger partial charge in [-0.05, 0) is 23.8 Å². The molecule has 0 bridgehead atoms. The number of methoxy groups -OCH3 is 2. The van der Waals surface area contributed by atoms with Crippen LogP contribution in [0.4, 0.5) is 0 Å². The van der Waals surface area contributed by atoms with Crippen LogP contribution in [-0.2, 0) is 0 Å². The summed E-state index contributed by atoms with van der Waals surface area (Å²) in [5.41, 5.74) is -0.173. The van der Waals surface area contributed by atoms with Crippen LogP contribution in [0.1, 0.15) is 15.9 Å². The molecule has 3 aromatic rings. The Labute approximate surface area is 159 Å². The van der Waals surface area contributed by atoms with Crippen LogP contribution in [-0.4, -0.2) is 30.0 Å². The summed E-state index contributed by atoms with van der Waals surface area (Å²) in [7, 11) is 3.04. The quantitative estimate of drug-likeness (QED) is 0.632. The van der Waals surface area contributed by atoms with Gasteiger partial charge < -0.3 is 14.5 Å².